The number of carboxylic acids is 1. The van der Waals surface area contributed by atoms with E-state index < -0.39 is 5.97 Å². The van der Waals surface area contributed by atoms with Crippen LogP contribution in [0.1, 0.15) is 35.1 Å². The fourth-order valence-electron chi connectivity index (χ4n) is 3.07. The molecule has 0 fully saturated rings. The van der Waals surface area contributed by atoms with Gasteiger partial charge >= 0.3 is 5.97 Å². The number of rotatable bonds is 10. The molecular weight excluding hydrogens is 392 g/mol. The zero-order valence-corrected chi connectivity index (χ0v) is 17.3. The Bertz CT molecular complexity index is 1040. The molecule has 0 aliphatic rings. The quantitative estimate of drug-likeness (QED) is 0.510. The average molecular weight is 416 g/mol. The Morgan fingerprint density at radius 2 is 2.00 bits per heavy atom. The summed E-state index contributed by atoms with van der Waals surface area (Å²) in [6.45, 7) is 3.36. The van der Waals surface area contributed by atoms with Gasteiger partial charge in [0, 0.05) is 25.5 Å². The number of nitrogens with zero attached hydrogens (tertiary/aromatic N) is 2. The van der Waals surface area contributed by atoms with Crippen molar-refractivity contribution in [3.63, 3.8) is 0 Å². The number of fused-ring (bicyclic) bond motifs is 1. The smallest absolute Gasteiger partial charge is 0.337 e. The molecule has 0 spiro atoms. The van der Waals surface area contributed by atoms with Crippen LogP contribution < -0.4 is 10.3 Å². The van der Waals surface area contributed by atoms with Gasteiger partial charge < -0.3 is 14.6 Å². The predicted molar refractivity (Wildman–Crippen MR) is 112 cm³/mol. The summed E-state index contributed by atoms with van der Waals surface area (Å²) >= 11 is 1.17. The van der Waals surface area contributed by atoms with E-state index in [0.717, 1.165) is 12.2 Å². The first kappa shape index (κ1) is 21.0. The summed E-state index contributed by atoms with van der Waals surface area (Å²) in [6, 6.07) is 7.94. The first-order valence-electron chi connectivity index (χ1n) is 9.50. The summed E-state index contributed by atoms with van der Waals surface area (Å²) < 4.78 is 12.4. The molecule has 0 amide bonds. The van der Waals surface area contributed by atoms with Crippen LogP contribution in [-0.4, -0.2) is 41.0 Å². The highest BCUT2D eigenvalue weighted by molar-refractivity contribution is 7.17. The molecule has 7 nitrogen and oxygen atoms in total. The topological polar surface area (TPSA) is 90.7 Å². The van der Waals surface area contributed by atoms with Crippen molar-refractivity contribution in [3.8, 4) is 5.75 Å². The molecule has 0 saturated carbocycles. The lowest BCUT2D eigenvalue weighted by atomic mass is 10.2. The van der Waals surface area contributed by atoms with Gasteiger partial charge in [-0.15, -0.1) is 11.3 Å². The molecule has 8 heteroatoms. The molecule has 1 aromatic carbocycles. The van der Waals surface area contributed by atoms with Gasteiger partial charge in [-0.2, -0.15) is 0 Å². The number of aromatic carboxylic acids is 1. The summed E-state index contributed by atoms with van der Waals surface area (Å²) in [7, 11) is 1.59. The van der Waals surface area contributed by atoms with E-state index in [9.17, 15) is 14.7 Å². The molecule has 0 bridgehead atoms. The Kier molecular flexibility index (Phi) is 7.00. The maximum atomic E-state index is 13.0. The lowest BCUT2D eigenvalue weighted by Gasteiger charge is -2.13. The maximum Gasteiger partial charge on any atom is 0.337 e. The second-order valence-electron chi connectivity index (χ2n) is 6.56. The minimum Gasteiger partial charge on any atom is -0.494 e. The predicted octanol–water partition coefficient (Wildman–Crippen LogP) is 3.38. The van der Waals surface area contributed by atoms with Crippen molar-refractivity contribution in [1.29, 1.82) is 0 Å². The van der Waals surface area contributed by atoms with E-state index in [4.69, 9.17) is 9.47 Å². The van der Waals surface area contributed by atoms with Crippen LogP contribution in [0, 0.1) is 0 Å². The standard InChI is InChI=1S/C21H24N2O5S/c1-3-14-5-7-15(8-6-14)28-11-4-10-23-17(9-12-27-2)22-19-18(20(23)24)16(13-29-19)21(25)26/h5-8,13H,3-4,9-12H2,1-2H3,(H,25,26). The van der Waals surface area contributed by atoms with Crippen molar-refractivity contribution in [3.05, 3.63) is 57.0 Å². The average Bonchev–Trinajstić information content (AvgIpc) is 3.16. The molecule has 0 saturated heterocycles. The van der Waals surface area contributed by atoms with E-state index in [2.05, 4.69) is 11.9 Å². The van der Waals surface area contributed by atoms with Crippen LogP contribution >= 0.6 is 11.3 Å². The third kappa shape index (κ3) is 4.83. The molecular formula is C21H24N2O5S. The number of ether oxygens (including phenoxy) is 2. The summed E-state index contributed by atoms with van der Waals surface area (Å²) in [5.41, 5.74) is 0.921. The van der Waals surface area contributed by atoms with Gasteiger partial charge in [0.15, 0.2) is 0 Å². The molecule has 3 aromatic rings. The van der Waals surface area contributed by atoms with Gasteiger partial charge in [-0.3, -0.25) is 9.36 Å². The summed E-state index contributed by atoms with van der Waals surface area (Å²) in [5.74, 6) is 0.259. The second kappa shape index (κ2) is 9.67. The molecule has 3 rings (SSSR count). The molecule has 0 aliphatic heterocycles. The highest BCUT2D eigenvalue weighted by Gasteiger charge is 2.19. The number of methoxy groups -OCH3 is 1. The third-order valence-electron chi connectivity index (χ3n) is 4.66. The van der Waals surface area contributed by atoms with Gasteiger partial charge in [0.2, 0.25) is 0 Å². The normalized spacial score (nSPS) is 11.1. The molecule has 29 heavy (non-hydrogen) atoms. The zero-order valence-electron chi connectivity index (χ0n) is 16.5. The Labute approximate surface area is 172 Å². The molecule has 154 valence electrons. The lowest BCUT2D eigenvalue weighted by Crippen LogP contribution is -2.27. The summed E-state index contributed by atoms with van der Waals surface area (Å²) in [4.78, 5) is 29.4. The number of hydrogen-bond donors (Lipinski definition) is 1. The molecule has 1 N–H and O–H groups in total. The number of benzene rings is 1. The van der Waals surface area contributed by atoms with E-state index in [-0.39, 0.29) is 16.5 Å². The third-order valence-corrected chi connectivity index (χ3v) is 5.53. The van der Waals surface area contributed by atoms with Gasteiger partial charge in [-0.05, 0) is 30.5 Å². The number of carboxylic acid groups (broad SMARTS) is 1. The van der Waals surface area contributed by atoms with Crippen molar-refractivity contribution in [1.82, 2.24) is 9.55 Å². The van der Waals surface area contributed by atoms with Crippen LogP contribution in [0.5, 0.6) is 5.75 Å². The number of hydrogen-bond acceptors (Lipinski definition) is 6. The Morgan fingerprint density at radius 1 is 1.24 bits per heavy atom. The largest absolute Gasteiger partial charge is 0.494 e. The molecule has 0 unspecified atom stereocenters. The number of aromatic nitrogens is 2. The van der Waals surface area contributed by atoms with Gasteiger partial charge in [0.1, 0.15) is 16.4 Å². The number of carbonyl (C=O) groups is 1. The van der Waals surface area contributed by atoms with Crippen molar-refractivity contribution in [2.75, 3.05) is 20.3 Å². The van der Waals surface area contributed by atoms with Crippen molar-refractivity contribution in [2.24, 2.45) is 0 Å². The van der Waals surface area contributed by atoms with Crippen LogP contribution in [0.2, 0.25) is 0 Å². The van der Waals surface area contributed by atoms with Crippen molar-refractivity contribution >= 4 is 27.5 Å². The minimum atomic E-state index is -1.12. The zero-order chi connectivity index (χ0) is 20.8. The van der Waals surface area contributed by atoms with Crippen LogP contribution in [0.25, 0.3) is 10.2 Å². The van der Waals surface area contributed by atoms with Crippen molar-refractivity contribution < 1.29 is 19.4 Å². The minimum absolute atomic E-state index is 0.00167. The fraction of sp³-hybridized carbons (Fsp3) is 0.381. The Hall–Kier alpha value is -2.71. The lowest BCUT2D eigenvalue weighted by molar-refractivity contribution is 0.0699. The van der Waals surface area contributed by atoms with Crippen molar-refractivity contribution in [2.45, 2.75) is 32.7 Å². The van der Waals surface area contributed by atoms with E-state index in [1.54, 1.807) is 11.7 Å². The monoisotopic (exact) mass is 416 g/mol. The van der Waals surface area contributed by atoms with E-state index >= 15 is 0 Å². The molecule has 0 atom stereocenters. The van der Waals surface area contributed by atoms with Crippen LogP contribution in [0.3, 0.4) is 0 Å². The number of thiophene rings is 1. The SMILES string of the molecule is CCc1ccc(OCCCn2c(CCOC)nc3scc(C(=O)O)c3c2=O)cc1. The van der Waals surface area contributed by atoms with E-state index in [1.807, 2.05) is 24.3 Å². The Balaban J connectivity index is 1.78. The first-order valence-corrected chi connectivity index (χ1v) is 10.4. The molecule has 2 aromatic heterocycles. The summed E-state index contributed by atoms with van der Waals surface area (Å²) in [5, 5.41) is 11.0. The maximum absolute atomic E-state index is 13.0. The van der Waals surface area contributed by atoms with Crippen LogP contribution in [0.4, 0.5) is 0 Å². The van der Waals surface area contributed by atoms with E-state index in [1.165, 1.54) is 22.3 Å². The number of aryl methyl sites for hydroxylation is 1. The highest BCUT2D eigenvalue weighted by Crippen LogP contribution is 2.22. The summed E-state index contributed by atoms with van der Waals surface area (Å²) in [6.07, 6.45) is 2.04. The van der Waals surface area contributed by atoms with Gasteiger partial charge in [0.05, 0.1) is 24.2 Å². The molecule has 2 heterocycles. The molecule has 0 radical (unpaired) electrons. The van der Waals surface area contributed by atoms with Gasteiger partial charge in [-0.1, -0.05) is 19.1 Å². The van der Waals surface area contributed by atoms with Crippen LogP contribution in [-0.2, 0) is 24.1 Å². The van der Waals surface area contributed by atoms with E-state index in [0.29, 0.717) is 43.3 Å². The second-order valence-corrected chi connectivity index (χ2v) is 7.42. The highest BCUT2D eigenvalue weighted by atomic mass is 32.1. The van der Waals surface area contributed by atoms with Gasteiger partial charge in [-0.25, -0.2) is 9.78 Å². The van der Waals surface area contributed by atoms with Crippen LogP contribution in [0.15, 0.2) is 34.4 Å². The fourth-order valence-corrected chi connectivity index (χ4v) is 3.99. The molecule has 0 aliphatic carbocycles. The Morgan fingerprint density at radius 3 is 2.66 bits per heavy atom. The first-order chi connectivity index (χ1) is 14.0. The van der Waals surface area contributed by atoms with Gasteiger partial charge in [0.25, 0.3) is 5.56 Å².